The number of benzene rings is 1. The highest BCUT2D eigenvalue weighted by Crippen LogP contribution is 2.63. The monoisotopic (exact) mass is 1270 g/mol. The van der Waals surface area contributed by atoms with Crippen molar-refractivity contribution in [2.45, 2.75) is 269 Å². The second-order valence-electron chi connectivity index (χ2n) is 33.3. The molecule has 15 aliphatic rings. The number of amides is 3. The molecule has 1 aromatic carbocycles. The van der Waals surface area contributed by atoms with E-state index in [4.69, 9.17) is 24.8 Å². The number of esters is 2. The molecule has 0 aliphatic heterocycles. The van der Waals surface area contributed by atoms with Gasteiger partial charge >= 0.3 is 11.9 Å². The van der Waals surface area contributed by atoms with Gasteiger partial charge in [-0.1, -0.05) is 89.6 Å². The molecule has 5 atom stereocenters. The molecule has 12 fully saturated rings. The summed E-state index contributed by atoms with van der Waals surface area (Å²) in [7, 11) is 2.92. The van der Waals surface area contributed by atoms with Crippen LogP contribution >= 0.6 is 0 Å². The smallest absolute Gasteiger partial charge is 0.309 e. The molecule has 10 bridgehead atoms. The fourth-order valence-electron chi connectivity index (χ4n) is 23.0. The summed E-state index contributed by atoms with van der Waals surface area (Å²) in [6.07, 6.45) is 37.7. The first-order valence-electron chi connectivity index (χ1n) is 37.5. The van der Waals surface area contributed by atoms with E-state index < -0.39 is 0 Å². The molecule has 0 saturated heterocycles. The molecule has 3 heterocycles. The van der Waals surface area contributed by atoms with Gasteiger partial charge in [0.1, 0.15) is 0 Å². The SMILES string of the molecule is CC12CCC(C1)C(C)(C)[C@@H]2NC(=O)c1nn(Cc2ccccc2)c2c1CCCC2.COC(=O)[C@@H]1CCc2c(c(C(=O)NC3C4CC5CC(C4)CC3C5)nn2C2CCCCC2)C1.COC(=O)[C@H]1CCc2c(c(C(=O)NC3C4CC5CC(C4)CC3C5)nn2C2CCCCC2)C1. The second kappa shape index (κ2) is 26.0. The predicted octanol–water partition coefficient (Wildman–Crippen LogP) is 13.2. The normalized spacial score (nSPS) is 34.0. The van der Waals surface area contributed by atoms with Gasteiger partial charge in [0.25, 0.3) is 17.7 Å². The Labute approximate surface area is 552 Å². The number of methoxy groups -OCH3 is 2. The summed E-state index contributed by atoms with van der Waals surface area (Å²) >= 11 is 0. The summed E-state index contributed by atoms with van der Waals surface area (Å²) in [4.78, 5) is 65.4. The van der Waals surface area contributed by atoms with Crippen molar-refractivity contribution in [3.63, 3.8) is 0 Å². The predicted molar refractivity (Wildman–Crippen MR) is 355 cm³/mol. The minimum atomic E-state index is -0.163. The summed E-state index contributed by atoms with van der Waals surface area (Å²) in [6.45, 7) is 7.80. The third-order valence-electron chi connectivity index (χ3n) is 27.2. The maximum absolute atomic E-state index is 13.6. The van der Waals surface area contributed by atoms with E-state index in [1.807, 2.05) is 6.07 Å². The highest BCUT2D eigenvalue weighted by Gasteiger charge is 2.60. The number of fused-ring (bicyclic) bond motifs is 5. The third kappa shape index (κ3) is 12.2. The van der Waals surface area contributed by atoms with E-state index in [1.54, 1.807) is 0 Å². The van der Waals surface area contributed by atoms with Gasteiger partial charge in [-0.15, -0.1) is 0 Å². The summed E-state index contributed by atoms with van der Waals surface area (Å²) in [5, 5.41) is 25.2. The molecular formula is C77H107N9O7. The number of nitrogens with zero attached hydrogens (tertiary/aromatic N) is 6. The number of carbonyl (C=O) groups is 5. The molecule has 502 valence electrons. The molecule has 93 heavy (non-hydrogen) atoms. The fourth-order valence-corrected chi connectivity index (χ4v) is 23.0. The van der Waals surface area contributed by atoms with Crippen LogP contribution in [0.1, 0.15) is 277 Å². The minimum Gasteiger partial charge on any atom is -0.469 e. The van der Waals surface area contributed by atoms with Crippen LogP contribution in [-0.2, 0) is 64.1 Å². The van der Waals surface area contributed by atoms with Crippen LogP contribution in [0, 0.1) is 75.9 Å². The summed E-state index contributed by atoms with van der Waals surface area (Å²) in [5.74, 6) is 6.29. The molecular weight excluding hydrogens is 1160 g/mol. The zero-order valence-electron chi connectivity index (χ0n) is 56.7. The van der Waals surface area contributed by atoms with Gasteiger partial charge in [0.15, 0.2) is 17.1 Å². The van der Waals surface area contributed by atoms with Crippen LogP contribution in [-0.4, -0.2) is 91.3 Å². The van der Waals surface area contributed by atoms with E-state index in [-0.39, 0.29) is 58.4 Å². The average molecular weight is 1270 g/mol. The van der Waals surface area contributed by atoms with Crippen LogP contribution < -0.4 is 16.0 Å². The lowest BCUT2D eigenvalue weighted by atomic mass is 9.54. The van der Waals surface area contributed by atoms with Gasteiger partial charge in [0, 0.05) is 51.9 Å². The quantitative estimate of drug-likeness (QED) is 0.115. The van der Waals surface area contributed by atoms with E-state index in [0.29, 0.717) is 77.8 Å². The first kappa shape index (κ1) is 63.3. The van der Waals surface area contributed by atoms with Crippen molar-refractivity contribution < 1.29 is 33.4 Å². The van der Waals surface area contributed by atoms with Gasteiger partial charge in [-0.05, 0) is 243 Å². The first-order valence-corrected chi connectivity index (χ1v) is 37.5. The molecule has 15 aliphatic carbocycles. The number of rotatable bonds is 12. The van der Waals surface area contributed by atoms with Gasteiger partial charge in [0.05, 0.1) is 44.7 Å². The first-order chi connectivity index (χ1) is 45.1. The number of aromatic nitrogens is 6. The van der Waals surface area contributed by atoms with Crippen LogP contribution in [0.5, 0.6) is 0 Å². The van der Waals surface area contributed by atoms with Gasteiger partial charge in [-0.2, -0.15) is 15.3 Å². The molecule has 3 amide bonds. The number of nitrogens with one attached hydrogen (secondary N) is 3. The highest BCUT2D eigenvalue weighted by atomic mass is 16.5. The second-order valence-corrected chi connectivity index (χ2v) is 33.3. The van der Waals surface area contributed by atoms with Gasteiger partial charge in [-0.3, -0.25) is 38.0 Å². The van der Waals surface area contributed by atoms with Crippen molar-refractivity contribution >= 4 is 29.7 Å². The molecule has 16 nitrogen and oxygen atoms in total. The van der Waals surface area contributed by atoms with Crippen molar-refractivity contribution in [1.29, 1.82) is 0 Å². The molecule has 19 rings (SSSR count). The Bertz CT molecular complexity index is 3230. The number of hydrogen-bond acceptors (Lipinski definition) is 10. The van der Waals surface area contributed by atoms with Crippen LogP contribution in [0.3, 0.4) is 0 Å². The van der Waals surface area contributed by atoms with Crippen molar-refractivity contribution in [2.75, 3.05) is 14.2 Å². The summed E-state index contributed by atoms with van der Waals surface area (Å²) in [6, 6.07) is 12.1. The number of ether oxygens (including phenoxy) is 2. The van der Waals surface area contributed by atoms with Gasteiger partial charge in [-0.25, -0.2) is 0 Å². The molecule has 0 radical (unpaired) electrons. The Morgan fingerprint density at radius 1 is 0.495 bits per heavy atom. The van der Waals surface area contributed by atoms with E-state index >= 15 is 0 Å². The van der Waals surface area contributed by atoms with Crippen molar-refractivity contribution in [3.8, 4) is 0 Å². The van der Waals surface area contributed by atoms with Gasteiger partial charge in [0.2, 0.25) is 0 Å². The lowest BCUT2D eigenvalue weighted by molar-refractivity contribution is -0.146. The van der Waals surface area contributed by atoms with Crippen molar-refractivity contribution in [3.05, 3.63) is 86.7 Å². The van der Waals surface area contributed by atoms with E-state index in [0.717, 1.165) is 118 Å². The molecule has 4 aromatic rings. The standard InChI is InChI=1S/2C26H37N3O3.C25H33N3O/c2*1-32-26(31)17-7-8-22-21(14-17)24(28-29(22)20-5-3-2-4-6-20)25(30)27-23-18-10-15-9-16(12-18)13-19(23)11-15;1-24(2)18-13-14-25(3,15-18)23(24)26-22(29)21-19-11-7-8-12-20(19)28(27-21)16-17-9-5-4-6-10-17/h2*15-20,23H,2-14H2,1H3,(H,27,30);4-6,9-10,18,23H,7-8,11-16H2,1-3H3,(H,26,29)/t2*15?,16?,17-,18?,19?,23?;18?,23-,25?/m100/s1. The number of hydrogen-bond donors (Lipinski definition) is 3. The minimum absolute atomic E-state index is 0.00111. The van der Waals surface area contributed by atoms with E-state index in [1.165, 1.54) is 171 Å². The Morgan fingerprint density at radius 2 is 0.946 bits per heavy atom. The molecule has 16 heteroatoms. The fraction of sp³-hybridized carbons (Fsp3) is 0.740. The zero-order valence-corrected chi connectivity index (χ0v) is 56.7. The van der Waals surface area contributed by atoms with Crippen LogP contribution in [0.25, 0.3) is 0 Å². The summed E-state index contributed by atoms with van der Waals surface area (Å²) < 4.78 is 16.6. The summed E-state index contributed by atoms with van der Waals surface area (Å²) in [5.41, 5.74) is 10.4. The molecule has 3 N–H and O–H groups in total. The molecule has 2 unspecified atom stereocenters. The molecule has 12 saturated carbocycles. The largest absolute Gasteiger partial charge is 0.469 e. The van der Waals surface area contributed by atoms with E-state index in [2.05, 4.69) is 75.0 Å². The topological polar surface area (TPSA) is 193 Å². The lowest BCUT2D eigenvalue weighted by Crippen LogP contribution is -2.56. The average Bonchev–Trinajstić information content (AvgIpc) is 1.60. The molecule has 3 aromatic heterocycles. The maximum Gasteiger partial charge on any atom is 0.309 e. The lowest BCUT2D eigenvalue weighted by Gasteiger charge is -2.54. The van der Waals surface area contributed by atoms with Gasteiger partial charge < -0.3 is 25.4 Å². The Morgan fingerprint density at radius 3 is 1.40 bits per heavy atom. The number of carbonyl (C=O) groups excluding carboxylic acids is 5. The van der Waals surface area contributed by atoms with Crippen molar-refractivity contribution in [1.82, 2.24) is 45.3 Å². The Kier molecular flexibility index (Phi) is 17.7. The maximum atomic E-state index is 13.6. The van der Waals surface area contributed by atoms with Crippen LogP contribution in [0.4, 0.5) is 0 Å². The zero-order chi connectivity index (χ0) is 63.9. The van der Waals surface area contributed by atoms with Crippen LogP contribution in [0.2, 0.25) is 0 Å². The van der Waals surface area contributed by atoms with E-state index in [9.17, 15) is 24.0 Å². The van der Waals surface area contributed by atoms with Crippen molar-refractivity contribution in [2.24, 2.45) is 75.9 Å². The Balaban J connectivity index is 0.000000116. The van der Waals surface area contributed by atoms with Crippen LogP contribution in [0.15, 0.2) is 30.3 Å². The third-order valence-corrected chi connectivity index (χ3v) is 27.2. The Hall–Kier alpha value is -5.80. The molecule has 0 spiro atoms. The highest BCUT2D eigenvalue weighted by molar-refractivity contribution is 5.96.